The lowest BCUT2D eigenvalue weighted by molar-refractivity contribution is 0.0504. The predicted octanol–water partition coefficient (Wildman–Crippen LogP) is 3.90. The van der Waals surface area contributed by atoms with Crippen LogP contribution in [0.25, 0.3) is 31.8 Å². The zero-order valence-corrected chi connectivity index (χ0v) is 24.1. The van der Waals surface area contributed by atoms with Gasteiger partial charge < -0.3 is 29.2 Å². The Kier molecular flexibility index (Phi) is 9.04. The fourth-order valence-corrected chi connectivity index (χ4v) is 4.91. The lowest BCUT2D eigenvalue weighted by atomic mass is 10.1. The van der Waals surface area contributed by atoms with Gasteiger partial charge in [-0.05, 0) is 31.5 Å². The minimum absolute atomic E-state index is 0.00635. The maximum Gasteiger partial charge on any atom is 0.411 e. The van der Waals surface area contributed by atoms with E-state index in [4.69, 9.17) is 24.1 Å². The van der Waals surface area contributed by atoms with E-state index in [0.717, 1.165) is 11.1 Å². The number of ether oxygens (including phenoxy) is 4. The first-order chi connectivity index (χ1) is 20.7. The van der Waals surface area contributed by atoms with Crippen molar-refractivity contribution < 1.29 is 38.3 Å². The summed E-state index contributed by atoms with van der Waals surface area (Å²) in [6.45, 7) is 2.77. The summed E-state index contributed by atoms with van der Waals surface area (Å²) in [5.41, 5.74) is 3.75. The van der Waals surface area contributed by atoms with Gasteiger partial charge in [0.15, 0.2) is 11.6 Å². The van der Waals surface area contributed by atoms with Gasteiger partial charge in [-0.15, -0.1) is 11.3 Å². The number of methoxy groups -OCH3 is 1. The molecule has 0 saturated carbocycles. The zero-order valence-electron chi connectivity index (χ0n) is 23.3. The smallest absolute Gasteiger partial charge is 0.411 e. The second-order valence-electron chi connectivity index (χ2n) is 9.42. The Morgan fingerprint density at radius 3 is 2.60 bits per heavy atom. The van der Waals surface area contributed by atoms with Crippen LogP contribution in [-0.2, 0) is 4.74 Å². The summed E-state index contributed by atoms with van der Waals surface area (Å²) < 4.78 is 36.9. The van der Waals surface area contributed by atoms with Gasteiger partial charge in [0.25, 0.3) is 0 Å². The molecule has 1 amide bonds. The molecule has 0 fully saturated rings. The number of carbonyl (C=O) groups is 1. The SMILES string of the molecule is COc1cnc2c(-c3nc4cc(F)c(O[C@@H](C)COC(=O)Nc5cnc(OC[C@H](O)CO)nc5)cc4s3)cc(C)cc2n1. The Labute approximate surface area is 248 Å². The van der Waals surface area contributed by atoms with Crippen LogP contribution in [0.5, 0.6) is 17.6 Å². The number of hydrogen-bond acceptors (Lipinski definition) is 13. The van der Waals surface area contributed by atoms with E-state index in [1.165, 1.54) is 43.1 Å². The monoisotopic (exact) mass is 610 g/mol. The number of aliphatic hydroxyl groups excluding tert-OH is 2. The molecule has 2 aromatic carbocycles. The molecule has 2 atom stereocenters. The van der Waals surface area contributed by atoms with Crippen molar-refractivity contribution in [2.45, 2.75) is 26.1 Å². The number of aryl methyl sites for hydroxylation is 1. The molecule has 43 heavy (non-hydrogen) atoms. The van der Waals surface area contributed by atoms with Crippen LogP contribution in [0.1, 0.15) is 12.5 Å². The fraction of sp³-hybridized carbons (Fsp3) is 0.286. The average molecular weight is 611 g/mol. The predicted molar refractivity (Wildman–Crippen MR) is 155 cm³/mol. The summed E-state index contributed by atoms with van der Waals surface area (Å²) in [6.07, 6.45) is 1.57. The van der Waals surface area contributed by atoms with Crippen LogP contribution in [0.2, 0.25) is 0 Å². The van der Waals surface area contributed by atoms with Crippen LogP contribution in [-0.4, -0.2) is 80.4 Å². The Balaban J connectivity index is 1.22. The number of nitrogens with one attached hydrogen (secondary N) is 1. The number of aliphatic hydroxyl groups is 2. The number of carbonyl (C=O) groups excluding carboxylic acids is 1. The quantitative estimate of drug-likeness (QED) is 0.197. The van der Waals surface area contributed by atoms with Gasteiger partial charge in [-0.1, -0.05) is 0 Å². The van der Waals surface area contributed by atoms with E-state index in [9.17, 15) is 14.3 Å². The number of rotatable bonds is 11. The third kappa shape index (κ3) is 7.20. The molecule has 3 aromatic heterocycles. The van der Waals surface area contributed by atoms with E-state index in [0.29, 0.717) is 32.1 Å². The zero-order chi connectivity index (χ0) is 30.5. The highest BCUT2D eigenvalue weighted by molar-refractivity contribution is 7.21. The molecule has 13 nitrogen and oxygen atoms in total. The Morgan fingerprint density at radius 2 is 1.86 bits per heavy atom. The number of fused-ring (bicyclic) bond motifs is 2. The maximum atomic E-state index is 15.0. The van der Waals surface area contributed by atoms with Gasteiger partial charge >= 0.3 is 12.1 Å². The van der Waals surface area contributed by atoms with Crippen molar-refractivity contribution in [1.29, 1.82) is 0 Å². The third-order valence-electron chi connectivity index (χ3n) is 5.92. The molecule has 5 rings (SSSR count). The van der Waals surface area contributed by atoms with Gasteiger partial charge in [-0.25, -0.2) is 34.1 Å². The summed E-state index contributed by atoms with van der Waals surface area (Å²) in [4.78, 5) is 33.6. The molecule has 0 aliphatic heterocycles. The lowest BCUT2D eigenvalue weighted by Crippen LogP contribution is -2.24. The van der Waals surface area contributed by atoms with E-state index >= 15 is 0 Å². The topological polar surface area (TPSA) is 171 Å². The standard InChI is InChI=1S/C28H27FN6O7S/c1-14-4-18(25-21(5-14)34-24(39-3)10-30-25)26-35-20-6-19(29)22(7-23(20)43-26)42-15(2)12-41-28(38)33-16-8-31-27(32-9-16)40-13-17(37)11-36/h4-10,15,17,36-37H,11-13H2,1-3H3,(H,33,38)/t15-,17+/m0/s1. The molecule has 224 valence electrons. The summed E-state index contributed by atoms with van der Waals surface area (Å²) in [7, 11) is 1.53. The minimum atomic E-state index is -1.06. The summed E-state index contributed by atoms with van der Waals surface area (Å²) in [5.74, 6) is -0.211. The maximum absolute atomic E-state index is 15.0. The van der Waals surface area contributed by atoms with Gasteiger partial charge in [0.1, 0.15) is 30.4 Å². The van der Waals surface area contributed by atoms with Gasteiger partial charge in [-0.2, -0.15) is 0 Å². The molecule has 3 N–H and O–H groups in total. The molecule has 3 heterocycles. The summed E-state index contributed by atoms with van der Waals surface area (Å²) >= 11 is 1.36. The highest BCUT2D eigenvalue weighted by Gasteiger charge is 2.18. The van der Waals surface area contributed by atoms with Gasteiger partial charge in [0, 0.05) is 17.7 Å². The van der Waals surface area contributed by atoms with Gasteiger partial charge in [0.05, 0.1) is 59.2 Å². The van der Waals surface area contributed by atoms with E-state index < -0.39 is 30.7 Å². The van der Waals surface area contributed by atoms with Crippen LogP contribution in [0.4, 0.5) is 14.9 Å². The Hall–Kier alpha value is -4.73. The second kappa shape index (κ2) is 13.1. The third-order valence-corrected chi connectivity index (χ3v) is 6.97. The van der Waals surface area contributed by atoms with Crippen LogP contribution in [0, 0.1) is 12.7 Å². The molecule has 0 bridgehead atoms. The first-order valence-electron chi connectivity index (χ1n) is 13.0. The van der Waals surface area contributed by atoms with Crippen molar-refractivity contribution >= 4 is 44.4 Å². The number of aromatic nitrogens is 5. The van der Waals surface area contributed by atoms with Gasteiger partial charge in [0.2, 0.25) is 5.88 Å². The number of nitrogens with zero attached hydrogens (tertiary/aromatic N) is 5. The van der Waals surface area contributed by atoms with E-state index in [1.807, 2.05) is 19.1 Å². The Morgan fingerprint density at radius 1 is 1.07 bits per heavy atom. The van der Waals surface area contributed by atoms with E-state index in [-0.39, 0.29) is 30.7 Å². The molecule has 5 aromatic rings. The second-order valence-corrected chi connectivity index (χ2v) is 10.4. The van der Waals surface area contributed by atoms with Crippen LogP contribution in [0.3, 0.4) is 0 Å². The van der Waals surface area contributed by atoms with Crippen molar-refractivity contribution in [1.82, 2.24) is 24.9 Å². The van der Waals surface area contributed by atoms with Crippen LogP contribution >= 0.6 is 11.3 Å². The number of amides is 1. The largest absolute Gasteiger partial charge is 0.484 e. The first kappa shape index (κ1) is 29.8. The average Bonchev–Trinajstić information content (AvgIpc) is 3.41. The number of anilines is 1. The van der Waals surface area contributed by atoms with Crippen molar-refractivity contribution in [3.63, 3.8) is 0 Å². The molecule has 0 spiro atoms. The summed E-state index contributed by atoms with van der Waals surface area (Å²) in [6, 6.07) is 6.69. The molecular weight excluding hydrogens is 583 g/mol. The lowest BCUT2D eigenvalue weighted by Gasteiger charge is -2.15. The van der Waals surface area contributed by atoms with Crippen molar-refractivity contribution in [3.8, 4) is 28.2 Å². The normalized spacial score (nSPS) is 12.6. The molecule has 0 unspecified atom stereocenters. The molecule has 0 saturated heterocycles. The van der Waals surface area contributed by atoms with Gasteiger partial charge in [-0.3, -0.25) is 5.32 Å². The van der Waals surface area contributed by atoms with Crippen molar-refractivity contribution in [3.05, 3.63) is 54.2 Å². The first-order valence-corrected chi connectivity index (χ1v) is 13.8. The van der Waals surface area contributed by atoms with E-state index in [2.05, 4.69) is 30.2 Å². The number of benzene rings is 2. The van der Waals surface area contributed by atoms with Crippen LogP contribution in [0.15, 0.2) is 42.9 Å². The molecular formula is C28H27FN6O7S. The van der Waals surface area contributed by atoms with Crippen LogP contribution < -0.4 is 19.5 Å². The highest BCUT2D eigenvalue weighted by Crippen LogP contribution is 2.37. The highest BCUT2D eigenvalue weighted by atomic mass is 32.1. The fourth-order valence-electron chi connectivity index (χ4n) is 3.92. The van der Waals surface area contributed by atoms with Crippen molar-refractivity contribution in [2.24, 2.45) is 0 Å². The molecule has 0 aliphatic rings. The van der Waals surface area contributed by atoms with Crippen molar-refractivity contribution in [2.75, 3.05) is 32.2 Å². The number of halogens is 1. The summed E-state index contributed by atoms with van der Waals surface area (Å²) in [5, 5.41) is 21.2. The minimum Gasteiger partial charge on any atom is -0.484 e. The molecule has 0 aliphatic carbocycles. The molecule has 0 radical (unpaired) electrons. The number of thiazole rings is 1. The molecule has 15 heteroatoms. The Bertz CT molecular complexity index is 1750. The number of hydrogen-bond donors (Lipinski definition) is 3. The van der Waals surface area contributed by atoms with E-state index in [1.54, 1.807) is 13.0 Å².